The summed E-state index contributed by atoms with van der Waals surface area (Å²) in [5.74, 6) is 3.35. The van der Waals surface area contributed by atoms with Crippen molar-refractivity contribution in [1.82, 2.24) is 14.4 Å². The van der Waals surface area contributed by atoms with E-state index in [1.54, 1.807) is 6.20 Å². The number of hydrogen-bond donors (Lipinski definition) is 1. The molecule has 5 heteroatoms. The molecule has 0 aliphatic rings. The summed E-state index contributed by atoms with van der Waals surface area (Å²) in [7, 11) is 0. The molecular formula is C11H11BrN4. The molecule has 2 aromatic heterocycles. The quantitative estimate of drug-likeness (QED) is 0.877. The van der Waals surface area contributed by atoms with Crippen LogP contribution in [0.1, 0.15) is 13.3 Å². The largest absolute Gasteiger partial charge is 0.364 e. The van der Waals surface area contributed by atoms with Gasteiger partial charge in [-0.25, -0.2) is 9.97 Å². The van der Waals surface area contributed by atoms with Gasteiger partial charge in [0.05, 0.1) is 0 Å². The first kappa shape index (κ1) is 11.0. The normalized spacial score (nSPS) is 12.3. The minimum absolute atomic E-state index is 0.173. The highest BCUT2D eigenvalue weighted by atomic mass is 79.9. The summed E-state index contributed by atoms with van der Waals surface area (Å²) in [5.41, 5.74) is 0.798. The number of terminal acetylenes is 1. The number of hydrogen-bond acceptors (Lipinski definition) is 3. The zero-order chi connectivity index (χ0) is 11.5. The van der Waals surface area contributed by atoms with E-state index in [-0.39, 0.29) is 6.04 Å². The summed E-state index contributed by atoms with van der Waals surface area (Å²) in [6.45, 7) is 2.02. The number of nitrogens with zero attached hydrogens (tertiary/aromatic N) is 3. The summed E-state index contributed by atoms with van der Waals surface area (Å²) < 4.78 is 2.66. The molecule has 1 unspecified atom stereocenters. The number of halogens is 1. The third-order valence-corrected chi connectivity index (χ3v) is 2.53. The van der Waals surface area contributed by atoms with Crippen LogP contribution in [0.2, 0.25) is 0 Å². The Kier molecular flexibility index (Phi) is 3.11. The molecule has 0 radical (unpaired) electrons. The summed E-state index contributed by atoms with van der Waals surface area (Å²) in [4.78, 5) is 8.59. The fourth-order valence-corrected chi connectivity index (χ4v) is 1.86. The van der Waals surface area contributed by atoms with Crippen molar-refractivity contribution in [3.8, 4) is 12.3 Å². The van der Waals surface area contributed by atoms with Gasteiger partial charge in [-0.15, -0.1) is 12.3 Å². The molecule has 1 N–H and O–H groups in total. The zero-order valence-electron chi connectivity index (χ0n) is 8.81. The van der Waals surface area contributed by atoms with E-state index in [0.717, 1.165) is 16.1 Å². The van der Waals surface area contributed by atoms with Gasteiger partial charge in [-0.05, 0) is 22.9 Å². The molecule has 0 bridgehead atoms. The molecule has 82 valence electrons. The van der Waals surface area contributed by atoms with Gasteiger partial charge in [0.1, 0.15) is 4.60 Å². The molecule has 0 spiro atoms. The number of fused-ring (bicyclic) bond motifs is 1. The minimum atomic E-state index is 0.173. The molecule has 1 atom stereocenters. The van der Waals surface area contributed by atoms with Crippen LogP contribution in [0, 0.1) is 12.3 Å². The van der Waals surface area contributed by atoms with Gasteiger partial charge < -0.3 is 9.72 Å². The molecular weight excluding hydrogens is 268 g/mol. The maximum absolute atomic E-state index is 5.27. The van der Waals surface area contributed by atoms with Crippen molar-refractivity contribution in [2.24, 2.45) is 0 Å². The third kappa shape index (κ3) is 2.17. The van der Waals surface area contributed by atoms with Gasteiger partial charge in [0.2, 0.25) is 0 Å². The van der Waals surface area contributed by atoms with Crippen LogP contribution in [-0.4, -0.2) is 20.4 Å². The van der Waals surface area contributed by atoms with Crippen molar-refractivity contribution >= 4 is 27.4 Å². The van der Waals surface area contributed by atoms with Crippen LogP contribution in [0.4, 0.5) is 5.82 Å². The van der Waals surface area contributed by atoms with E-state index in [1.165, 1.54) is 0 Å². The van der Waals surface area contributed by atoms with Crippen molar-refractivity contribution in [1.29, 1.82) is 0 Å². The average Bonchev–Trinajstić information content (AvgIpc) is 2.65. The van der Waals surface area contributed by atoms with E-state index in [1.807, 2.05) is 23.7 Å². The summed E-state index contributed by atoms with van der Waals surface area (Å²) in [5, 5.41) is 3.25. The lowest BCUT2D eigenvalue weighted by molar-refractivity contribution is 0.819. The summed E-state index contributed by atoms with van der Waals surface area (Å²) in [6, 6.07) is 0.173. The molecule has 0 saturated heterocycles. The summed E-state index contributed by atoms with van der Waals surface area (Å²) in [6.07, 6.45) is 11.4. The number of rotatable bonds is 3. The molecule has 16 heavy (non-hydrogen) atoms. The highest BCUT2D eigenvalue weighted by molar-refractivity contribution is 9.10. The maximum Gasteiger partial charge on any atom is 0.180 e. The van der Waals surface area contributed by atoms with Crippen molar-refractivity contribution < 1.29 is 0 Å². The van der Waals surface area contributed by atoms with Gasteiger partial charge in [0.15, 0.2) is 11.5 Å². The maximum atomic E-state index is 5.27. The van der Waals surface area contributed by atoms with Crippen LogP contribution in [0.3, 0.4) is 0 Å². The molecule has 0 aliphatic heterocycles. The first-order chi connectivity index (χ1) is 7.70. The molecule has 2 aromatic rings. The predicted octanol–water partition coefficient (Wildman–Crippen LogP) is 2.32. The lowest BCUT2D eigenvalue weighted by Gasteiger charge is -2.12. The zero-order valence-corrected chi connectivity index (χ0v) is 10.4. The minimum Gasteiger partial charge on any atom is -0.364 e. The molecule has 0 amide bonds. The van der Waals surface area contributed by atoms with Crippen molar-refractivity contribution in [2.45, 2.75) is 19.4 Å². The Morgan fingerprint density at radius 3 is 3.25 bits per heavy atom. The Morgan fingerprint density at radius 1 is 1.69 bits per heavy atom. The van der Waals surface area contributed by atoms with E-state index < -0.39 is 0 Å². The Balaban J connectivity index is 2.36. The summed E-state index contributed by atoms with van der Waals surface area (Å²) >= 11 is 3.36. The van der Waals surface area contributed by atoms with Crippen LogP contribution < -0.4 is 5.32 Å². The van der Waals surface area contributed by atoms with Crippen LogP contribution >= 0.6 is 15.9 Å². The predicted molar refractivity (Wildman–Crippen MR) is 67.2 cm³/mol. The second kappa shape index (κ2) is 4.54. The Morgan fingerprint density at radius 2 is 2.50 bits per heavy atom. The standard InChI is InChI=1S/C11H11BrN4/c1-3-4-8(2)14-10-11-13-5-6-16(11)7-9(12)15-10/h1,5-8H,4H2,2H3,(H,14,15). The van der Waals surface area contributed by atoms with Crippen molar-refractivity contribution in [2.75, 3.05) is 5.32 Å². The number of imidazole rings is 1. The average molecular weight is 279 g/mol. The molecule has 0 aromatic carbocycles. The lowest BCUT2D eigenvalue weighted by Crippen LogP contribution is -2.16. The van der Waals surface area contributed by atoms with Crippen LogP contribution in [-0.2, 0) is 0 Å². The van der Waals surface area contributed by atoms with E-state index in [0.29, 0.717) is 6.42 Å². The highest BCUT2D eigenvalue weighted by Gasteiger charge is 2.08. The smallest absolute Gasteiger partial charge is 0.180 e. The van der Waals surface area contributed by atoms with Crippen LogP contribution in [0.5, 0.6) is 0 Å². The Bertz CT molecular complexity index is 540. The fourth-order valence-electron chi connectivity index (χ4n) is 1.46. The molecule has 4 nitrogen and oxygen atoms in total. The van der Waals surface area contributed by atoms with Gasteiger partial charge in [-0.3, -0.25) is 0 Å². The first-order valence-corrected chi connectivity index (χ1v) is 5.69. The topological polar surface area (TPSA) is 42.2 Å². The number of anilines is 1. The van der Waals surface area contributed by atoms with E-state index in [9.17, 15) is 0 Å². The van der Waals surface area contributed by atoms with E-state index in [2.05, 4.69) is 37.1 Å². The molecule has 0 fully saturated rings. The van der Waals surface area contributed by atoms with E-state index >= 15 is 0 Å². The Labute approximate surface area is 102 Å². The first-order valence-electron chi connectivity index (χ1n) is 4.90. The molecule has 0 aliphatic carbocycles. The number of nitrogens with one attached hydrogen (secondary N) is 1. The second-order valence-electron chi connectivity index (χ2n) is 3.52. The molecule has 0 saturated carbocycles. The third-order valence-electron chi connectivity index (χ3n) is 2.15. The van der Waals surface area contributed by atoms with Crippen molar-refractivity contribution in [3.63, 3.8) is 0 Å². The molecule has 2 rings (SSSR count). The lowest BCUT2D eigenvalue weighted by atomic mass is 10.2. The monoisotopic (exact) mass is 278 g/mol. The van der Waals surface area contributed by atoms with Gasteiger partial charge in [-0.2, -0.15) is 0 Å². The second-order valence-corrected chi connectivity index (χ2v) is 4.34. The molecule has 2 heterocycles. The fraction of sp³-hybridized carbons (Fsp3) is 0.273. The van der Waals surface area contributed by atoms with Gasteiger partial charge in [0.25, 0.3) is 0 Å². The van der Waals surface area contributed by atoms with Crippen LogP contribution in [0.25, 0.3) is 5.65 Å². The van der Waals surface area contributed by atoms with Gasteiger partial charge in [-0.1, -0.05) is 0 Å². The number of aromatic nitrogens is 3. The SMILES string of the molecule is C#CCC(C)Nc1nc(Br)cn2ccnc12. The van der Waals surface area contributed by atoms with Gasteiger partial charge in [0, 0.05) is 31.1 Å². The van der Waals surface area contributed by atoms with Gasteiger partial charge >= 0.3 is 0 Å². The van der Waals surface area contributed by atoms with Crippen molar-refractivity contribution in [3.05, 3.63) is 23.2 Å². The van der Waals surface area contributed by atoms with E-state index in [4.69, 9.17) is 6.42 Å². The highest BCUT2D eigenvalue weighted by Crippen LogP contribution is 2.17. The Hall–Kier alpha value is -1.54. The van der Waals surface area contributed by atoms with Crippen LogP contribution in [0.15, 0.2) is 23.2 Å².